The lowest BCUT2D eigenvalue weighted by atomic mass is 10.1. The molecule has 2 amide bonds. The first-order valence-electron chi connectivity index (χ1n) is 13.2. The van der Waals surface area contributed by atoms with E-state index in [2.05, 4.69) is 5.32 Å². The summed E-state index contributed by atoms with van der Waals surface area (Å²) in [4.78, 5) is 28.4. The molecule has 0 heterocycles. The molecule has 7 nitrogen and oxygen atoms in total. The van der Waals surface area contributed by atoms with Crippen molar-refractivity contribution in [2.45, 2.75) is 58.0 Å². The molecule has 0 saturated heterocycles. The van der Waals surface area contributed by atoms with Gasteiger partial charge in [-0.3, -0.25) is 13.9 Å². The first kappa shape index (κ1) is 32.7. The standard InChI is InChI=1S/C30H34Cl3N3O4S/c1-5-6-16-34-30(38)22(4)35(18-26-27(32)8-7-9-28(26)33)29(37)19-36(24-13-10-20(2)21(3)17-24)41(39,40)25-14-11-23(31)12-15-25/h7-15,17,22H,5-6,16,18-19H2,1-4H3,(H,34,38)/t22-/m1/s1. The van der Waals surface area contributed by atoms with Crippen molar-refractivity contribution in [3.05, 3.63) is 92.4 Å². The van der Waals surface area contributed by atoms with Crippen molar-refractivity contribution in [3.63, 3.8) is 0 Å². The molecule has 0 fully saturated rings. The Morgan fingerprint density at radius 3 is 2.15 bits per heavy atom. The molecule has 1 N–H and O–H groups in total. The highest BCUT2D eigenvalue weighted by molar-refractivity contribution is 7.92. The van der Waals surface area contributed by atoms with Gasteiger partial charge in [0.05, 0.1) is 10.6 Å². The van der Waals surface area contributed by atoms with Crippen LogP contribution in [0.3, 0.4) is 0 Å². The number of nitrogens with zero attached hydrogens (tertiary/aromatic N) is 2. The van der Waals surface area contributed by atoms with Crippen molar-refractivity contribution >= 4 is 62.3 Å². The van der Waals surface area contributed by atoms with Crippen LogP contribution in [0, 0.1) is 13.8 Å². The van der Waals surface area contributed by atoms with Crippen LogP contribution in [0.2, 0.25) is 15.1 Å². The quantitative estimate of drug-likeness (QED) is 0.221. The van der Waals surface area contributed by atoms with Crippen LogP contribution in [-0.2, 0) is 26.2 Å². The smallest absolute Gasteiger partial charge is 0.264 e. The minimum absolute atomic E-state index is 0.0287. The van der Waals surface area contributed by atoms with Gasteiger partial charge >= 0.3 is 0 Å². The third-order valence-electron chi connectivity index (χ3n) is 6.85. The summed E-state index contributed by atoms with van der Waals surface area (Å²) in [6, 6.07) is 14.9. The highest BCUT2D eigenvalue weighted by atomic mass is 35.5. The highest BCUT2D eigenvalue weighted by Gasteiger charge is 2.33. The number of anilines is 1. The van der Waals surface area contributed by atoms with Gasteiger partial charge in [0.25, 0.3) is 10.0 Å². The van der Waals surface area contributed by atoms with E-state index in [-0.39, 0.29) is 17.3 Å². The molecule has 3 rings (SSSR count). The third-order valence-corrected chi connectivity index (χ3v) is 9.59. The average Bonchev–Trinajstić information content (AvgIpc) is 2.93. The fraction of sp³-hybridized carbons (Fsp3) is 0.333. The lowest BCUT2D eigenvalue weighted by Gasteiger charge is -2.32. The van der Waals surface area contributed by atoms with E-state index < -0.39 is 28.5 Å². The van der Waals surface area contributed by atoms with E-state index in [1.54, 1.807) is 43.3 Å². The summed E-state index contributed by atoms with van der Waals surface area (Å²) in [5.41, 5.74) is 2.59. The van der Waals surface area contributed by atoms with Crippen LogP contribution in [0.25, 0.3) is 0 Å². The molecule has 0 radical (unpaired) electrons. The Bertz CT molecular complexity index is 1480. The van der Waals surface area contributed by atoms with Gasteiger partial charge < -0.3 is 10.2 Å². The van der Waals surface area contributed by atoms with Gasteiger partial charge in [0.1, 0.15) is 12.6 Å². The van der Waals surface area contributed by atoms with Gasteiger partial charge in [-0.2, -0.15) is 0 Å². The topological polar surface area (TPSA) is 86.8 Å². The molecule has 1 atom stereocenters. The maximum atomic E-state index is 14.0. The van der Waals surface area contributed by atoms with Crippen molar-refractivity contribution in [2.24, 2.45) is 0 Å². The molecule has 41 heavy (non-hydrogen) atoms. The number of sulfonamides is 1. The van der Waals surface area contributed by atoms with Crippen molar-refractivity contribution in [3.8, 4) is 0 Å². The molecule has 220 valence electrons. The number of amides is 2. The number of rotatable bonds is 12. The zero-order valence-corrected chi connectivity index (χ0v) is 26.5. The Balaban J connectivity index is 2.06. The second-order valence-corrected chi connectivity index (χ2v) is 12.9. The summed E-state index contributed by atoms with van der Waals surface area (Å²) < 4.78 is 28.9. The normalized spacial score (nSPS) is 12.1. The molecule has 0 aliphatic heterocycles. The Labute approximate surface area is 257 Å². The second-order valence-electron chi connectivity index (χ2n) is 9.78. The molecule has 11 heteroatoms. The van der Waals surface area contributed by atoms with E-state index in [1.807, 2.05) is 20.8 Å². The number of benzene rings is 3. The molecule has 0 aliphatic carbocycles. The van der Waals surface area contributed by atoms with E-state index >= 15 is 0 Å². The van der Waals surface area contributed by atoms with Crippen LogP contribution < -0.4 is 9.62 Å². The zero-order chi connectivity index (χ0) is 30.3. The fourth-order valence-corrected chi connectivity index (χ4v) is 6.16. The van der Waals surface area contributed by atoms with Gasteiger partial charge in [-0.25, -0.2) is 8.42 Å². The van der Waals surface area contributed by atoms with Gasteiger partial charge in [-0.1, -0.05) is 60.3 Å². The largest absolute Gasteiger partial charge is 0.354 e. The number of hydrogen-bond donors (Lipinski definition) is 1. The highest BCUT2D eigenvalue weighted by Crippen LogP contribution is 2.29. The maximum Gasteiger partial charge on any atom is 0.264 e. The molecule has 0 unspecified atom stereocenters. The molecule has 3 aromatic rings. The summed E-state index contributed by atoms with van der Waals surface area (Å²) in [5.74, 6) is -0.969. The summed E-state index contributed by atoms with van der Waals surface area (Å²) in [5, 5.41) is 3.88. The predicted molar refractivity (Wildman–Crippen MR) is 166 cm³/mol. The van der Waals surface area contributed by atoms with Gasteiger partial charge in [0.2, 0.25) is 11.8 Å². The van der Waals surface area contributed by atoms with Crippen LogP contribution in [0.15, 0.2) is 65.6 Å². The van der Waals surface area contributed by atoms with Crippen molar-refractivity contribution in [2.75, 3.05) is 17.4 Å². The molecule has 0 aromatic heterocycles. The van der Waals surface area contributed by atoms with Gasteiger partial charge in [0, 0.05) is 33.7 Å². The molecule has 0 spiro atoms. The predicted octanol–water partition coefficient (Wildman–Crippen LogP) is 6.79. The van der Waals surface area contributed by atoms with Crippen LogP contribution in [-0.4, -0.2) is 44.3 Å². The van der Waals surface area contributed by atoms with E-state index in [9.17, 15) is 18.0 Å². The monoisotopic (exact) mass is 637 g/mol. The zero-order valence-electron chi connectivity index (χ0n) is 23.5. The molecule has 3 aromatic carbocycles. The summed E-state index contributed by atoms with van der Waals surface area (Å²) in [6.45, 7) is 7.17. The first-order chi connectivity index (χ1) is 19.4. The third kappa shape index (κ3) is 8.16. The Hall–Kier alpha value is -2.78. The van der Waals surface area contributed by atoms with Crippen LogP contribution in [0.4, 0.5) is 5.69 Å². The second kappa shape index (κ2) is 14.4. The van der Waals surface area contributed by atoms with E-state index in [0.29, 0.717) is 32.9 Å². The number of halogens is 3. The van der Waals surface area contributed by atoms with E-state index in [1.165, 1.54) is 29.2 Å². The van der Waals surface area contributed by atoms with Crippen LogP contribution >= 0.6 is 34.8 Å². The Morgan fingerprint density at radius 1 is 0.927 bits per heavy atom. The lowest BCUT2D eigenvalue weighted by molar-refractivity contribution is -0.139. The van der Waals surface area contributed by atoms with E-state index in [0.717, 1.165) is 28.3 Å². The molecule has 0 bridgehead atoms. The van der Waals surface area contributed by atoms with Crippen LogP contribution in [0.1, 0.15) is 43.4 Å². The molecular formula is C30H34Cl3N3O4S. The fourth-order valence-electron chi connectivity index (χ4n) is 4.12. The minimum atomic E-state index is -4.21. The van der Waals surface area contributed by atoms with Crippen molar-refractivity contribution < 1.29 is 18.0 Å². The van der Waals surface area contributed by atoms with Crippen molar-refractivity contribution in [1.82, 2.24) is 10.2 Å². The number of carbonyl (C=O) groups excluding carboxylic acids is 2. The molecule has 0 aliphatic rings. The van der Waals surface area contributed by atoms with Gasteiger partial charge in [-0.15, -0.1) is 0 Å². The van der Waals surface area contributed by atoms with Gasteiger partial charge in [0.15, 0.2) is 0 Å². The lowest BCUT2D eigenvalue weighted by Crippen LogP contribution is -2.51. The first-order valence-corrected chi connectivity index (χ1v) is 15.8. The summed E-state index contributed by atoms with van der Waals surface area (Å²) in [7, 11) is -4.21. The maximum absolute atomic E-state index is 14.0. The number of nitrogens with one attached hydrogen (secondary N) is 1. The summed E-state index contributed by atoms with van der Waals surface area (Å²) >= 11 is 18.9. The Kier molecular flexibility index (Phi) is 11.5. The Morgan fingerprint density at radius 2 is 1.56 bits per heavy atom. The number of hydrogen-bond acceptors (Lipinski definition) is 4. The van der Waals surface area contributed by atoms with Crippen molar-refractivity contribution in [1.29, 1.82) is 0 Å². The van der Waals surface area contributed by atoms with Gasteiger partial charge in [-0.05, 0) is 86.8 Å². The average molecular weight is 639 g/mol. The molecular weight excluding hydrogens is 605 g/mol. The van der Waals surface area contributed by atoms with Crippen LogP contribution in [0.5, 0.6) is 0 Å². The minimum Gasteiger partial charge on any atom is -0.354 e. The number of unbranched alkanes of at least 4 members (excludes halogenated alkanes) is 1. The number of carbonyl (C=O) groups is 2. The van der Waals surface area contributed by atoms with E-state index in [4.69, 9.17) is 34.8 Å². The number of aryl methyl sites for hydroxylation is 2. The summed E-state index contributed by atoms with van der Waals surface area (Å²) in [6.07, 6.45) is 1.67. The molecule has 0 saturated carbocycles. The SMILES string of the molecule is CCCCNC(=O)[C@@H](C)N(Cc1c(Cl)cccc1Cl)C(=O)CN(c1ccc(C)c(C)c1)S(=O)(=O)c1ccc(Cl)cc1.